The fraction of sp³-hybridized carbons (Fsp3) is 0.700. The first-order valence-corrected chi connectivity index (χ1v) is 5.61. The van der Waals surface area contributed by atoms with E-state index in [1.165, 1.54) is 6.20 Å². The Morgan fingerprint density at radius 2 is 2.53 bits per heavy atom. The Morgan fingerprint density at radius 1 is 1.80 bits per heavy atom. The molecule has 1 aliphatic carbocycles. The average molecular weight is 232 g/mol. The molecule has 1 fully saturated rings. The van der Waals surface area contributed by atoms with Crippen molar-refractivity contribution in [2.45, 2.75) is 44.4 Å². The summed E-state index contributed by atoms with van der Waals surface area (Å²) in [7, 11) is 0. The molecule has 0 amide bonds. The molecule has 2 N–H and O–H groups in total. The van der Waals surface area contributed by atoms with Gasteiger partial charge in [0, 0.05) is 19.0 Å². The van der Waals surface area contributed by atoms with Crippen LogP contribution in [0.15, 0.2) is 6.20 Å². The SMILES string of the molecule is CCn1ncc(Cl)c1C1(F)CCC(N)C1. The summed E-state index contributed by atoms with van der Waals surface area (Å²) in [6, 6.07) is -0.0636. The Hall–Kier alpha value is -0.610. The third kappa shape index (κ3) is 1.76. The van der Waals surface area contributed by atoms with Gasteiger partial charge in [0.25, 0.3) is 0 Å². The molecular formula is C10H15ClFN3. The van der Waals surface area contributed by atoms with Crippen LogP contribution in [0.2, 0.25) is 5.02 Å². The van der Waals surface area contributed by atoms with E-state index < -0.39 is 5.67 Å². The molecular weight excluding hydrogens is 217 g/mol. The Kier molecular flexibility index (Phi) is 2.73. The van der Waals surface area contributed by atoms with Gasteiger partial charge >= 0.3 is 0 Å². The number of halogens is 2. The highest BCUT2D eigenvalue weighted by atomic mass is 35.5. The first kappa shape index (κ1) is 10.9. The molecule has 1 saturated carbocycles. The Balaban J connectivity index is 2.39. The van der Waals surface area contributed by atoms with E-state index >= 15 is 0 Å². The highest BCUT2D eigenvalue weighted by Gasteiger charge is 2.43. The summed E-state index contributed by atoms with van der Waals surface area (Å²) in [6.45, 7) is 2.55. The minimum atomic E-state index is -1.39. The van der Waals surface area contributed by atoms with Gasteiger partial charge in [-0.25, -0.2) is 4.39 Å². The molecule has 0 saturated heterocycles. The predicted octanol–water partition coefficient (Wildman–Crippen LogP) is 2.23. The van der Waals surface area contributed by atoms with E-state index in [0.717, 1.165) is 0 Å². The maximum absolute atomic E-state index is 14.6. The molecule has 2 rings (SSSR count). The highest BCUT2D eigenvalue weighted by molar-refractivity contribution is 6.31. The van der Waals surface area contributed by atoms with Crippen molar-refractivity contribution in [1.29, 1.82) is 0 Å². The highest BCUT2D eigenvalue weighted by Crippen LogP contribution is 2.44. The molecule has 84 valence electrons. The Labute approximate surface area is 93.4 Å². The second-order valence-corrected chi connectivity index (χ2v) is 4.53. The number of aryl methyl sites for hydroxylation is 1. The topological polar surface area (TPSA) is 43.8 Å². The standard InChI is InChI=1S/C10H15ClFN3/c1-2-15-9(8(11)6-14-15)10(12)4-3-7(13)5-10/h6-7H,2-5,13H2,1H3. The van der Waals surface area contributed by atoms with Gasteiger partial charge in [0.1, 0.15) is 0 Å². The Morgan fingerprint density at radius 3 is 3.07 bits per heavy atom. The van der Waals surface area contributed by atoms with E-state index in [-0.39, 0.29) is 6.04 Å². The van der Waals surface area contributed by atoms with Gasteiger partial charge in [0.05, 0.1) is 16.9 Å². The maximum atomic E-state index is 14.6. The molecule has 0 aliphatic heterocycles. The lowest BCUT2D eigenvalue weighted by Crippen LogP contribution is -2.24. The molecule has 1 aromatic rings. The van der Waals surface area contributed by atoms with Crippen LogP contribution >= 0.6 is 11.6 Å². The summed E-state index contributed by atoms with van der Waals surface area (Å²) in [6.07, 6.45) is 3.01. The van der Waals surface area contributed by atoms with Crippen molar-refractivity contribution >= 4 is 11.6 Å². The number of nitrogens with two attached hydrogens (primary N) is 1. The zero-order chi connectivity index (χ0) is 11.1. The van der Waals surface area contributed by atoms with E-state index in [4.69, 9.17) is 17.3 Å². The van der Waals surface area contributed by atoms with Gasteiger partial charge in [-0.2, -0.15) is 5.10 Å². The summed E-state index contributed by atoms with van der Waals surface area (Å²) in [5, 5.41) is 4.46. The van der Waals surface area contributed by atoms with Crippen LogP contribution in [0.4, 0.5) is 4.39 Å². The van der Waals surface area contributed by atoms with Crippen molar-refractivity contribution in [3.8, 4) is 0 Å². The van der Waals surface area contributed by atoms with Crippen LogP contribution in [-0.4, -0.2) is 15.8 Å². The number of hydrogen-bond donors (Lipinski definition) is 1. The molecule has 15 heavy (non-hydrogen) atoms. The van der Waals surface area contributed by atoms with Crippen molar-refractivity contribution in [2.75, 3.05) is 0 Å². The summed E-state index contributed by atoms with van der Waals surface area (Å²) in [4.78, 5) is 0. The lowest BCUT2D eigenvalue weighted by atomic mass is 9.99. The first-order chi connectivity index (χ1) is 7.07. The molecule has 0 bridgehead atoms. The Bertz CT molecular complexity index is 366. The van der Waals surface area contributed by atoms with Crippen LogP contribution < -0.4 is 5.73 Å². The second kappa shape index (κ2) is 3.76. The average Bonchev–Trinajstić information content (AvgIpc) is 2.71. The van der Waals surface area contributed by atoms with E-state index in [0.29, 0.717) is 36.5 Å². The summed E-state index contributed by atoms with van der Waals surface area (Å²) in [5.74, 6) is 0. The van der Waals surface area contributed by atoms with Crippen molar-refractivity contribution < 1.29 is 4.39 Å². The normalized spacial score (nSPS) is 31.1. The fourth-order valence-electron chi connectivity index (χ4n) is 2.30. The van der Waals surface area contributed by atoms with Gasteiger partial charge in [-0.3, -0.25) is 4.68 Å². The molecule has 0 spiro atoms. The van der Waals surface area contributed by atoms with E-state index in [1.54, 1.807) is 4.68 Å². The van der Waals surface area contributed by atoms with Crippen molar-refractivity contribution in [2.24, 2.45) is 5.73 Å². The lowest BCUT2D eigenvalue weighted by Gasteiger charge is -2.21. The summed E-state index contributed by atoms with van der Waals surface area (Å²) >= 11 is 5.98. The number of rotatable bonds is 2. The molecule has 1 aliphatic rings. The molecule has 3 nitrogen and oxygen atoms in total. The van der Waals surface area contributed by atoms with Crippen molar-refractivity contribution in [3.63, 3.8) is 0 Å². The van der Waals surface area contributed by atoms with E-state index in [2.05, 4.69) is 5.10 Å². The van der Waals surface area contributed by atoms with Gasteiger partial charge in [-0.15, -0.1) is 0 Å². The van der Waals surface area contributed by atoms with Crippen molar-refractivity contribution in [3.05, 3.63) is 16.9 Å². The molecule has 5 heteroatoms. The second-order valence-electron chi connectivity index (χ2n) is 4.13. The third-order valence-electron chi connectivity index (χ3n) is 3.02. The molecule has 1 heterocycles. The van der Waals surface area contributed by atoms with Crippen LogP contribution in [0.3, 0.4) is 0 Å². The quantitative estimate of drug-likeness (QED) is 0.848. The van der Waals surface area contributed by atoms with Crippen LogP contribution in [0.1, 0.15) is 31.9 Å². The van der Waals surface area contributed by atoms with Gasteiger partial charge in [-0.1, -0.05) is 11.6 Å². The number of alkyl halides is 1. The molecule has 0 aromatic carbocycles. The van der Waals surface area contributed by atoms with Gasteiger partial charge < -0.3 is 5.73 Å². The third-order valence-corrected chi connectivity index (χ3v) is 3.29. The molecule has 1 aromatic heterocycles. The van der Waals surface area contributed by atoms with Crippen molar-refractivity contribution in [1.82, 2.24) is 9.78 Å². The largest absolute Gasteiger partial charge is 0.328 e. The van der Waals surface area contributed by atoms with Crippen LogP contribution in [-0.2, 0) is 12.2 Å². The molecule has 2 unspecified atom stereocenters. The van der Waals surface area contributed by atoms with E-state index in [9.17, 15) is 4.39 Å². The first-order valence-electron chi connectivity index (χ1n) is 5.23. The monoisotopic (exact) mass is 231 g/mol. The number of aromatic nitrogens is 2. The smallest absolute Gasteiger partial charge is 0.155 e. The van der Waals surface area contributed by atoms with Gasteiger partial charge in [-0.05, 0) is 19.8 Å². The zero-order valence-corrected chi connectivity index (χ0v) is 9.47. The van der Waals surface area contributed by atoms with Crippen LogP contribution in [0.5, 0.6) is 0 Å². The van der Waals surface area contributed by atoms with Gasteiger partial charge in [0.15, 0.2) is 5.67 Å². The van der Waals surface area contributed by atoms with Gasteiger partial charge in [0.2, 0.25) is 0 Å². The minimum Gasteiger partial charge on any atom is -0.328 e. The molecule has 0 radical (unpaired) electrons. The maximum Gasteiger partial charge on any atom is 0.155 e. The lowest BCUT2D eigenvalue weighted by molar-refractivity contribution is 0.157. The summed E-state index contributed by atoms with van der Waals surface area (Å²) in [5.41, 5.74) is 4.86. The zero-order valence-electron chi connectivity index (χ0n) is 8.71. The molecule has 2 atom stereocenters. The minimum absolute atomic E-state index is 0.0636. The van der Waals surface area contributed by atoms with Crippen LogP contribution in [0, 0.1) is 0 Å². The van der Waals surface area contributed by atoms with E-state index in [1.807, 2.05) is 6.92 Å². The fourth-order valence-corrected chi connectivity index (χ4v) is 2.61. The van der Waals surface area contributed by atoms with Crippen LogP contribution in [0.25, 0.3) is 0 Å². The summed E-state index contributed by atoms with van der Waals surface area (Å²) < 4.78 is 16.2. The number of hydrogen-bond acceptors (Lipinski definition) is 2. The predicted molar refractivity (Wildman–Crippen MR) is 57.5 cm³/mol. The number of nitrogens with zero attached hydrogens (tertiary/aromatic N) is 2.